The number of carbonyl (C=O) groups excluding carboxylic acids is 2. The highest BCUT2D eigenvalue weighted by molar-refractivity contribution is 6.02. The van der Waals surface area contributed by atoms with E-state index in [1.807, 2.05) is 36.4 Å². The van der Waals surface area contributed by atoms with E-state index in [1.54, 1.807) is 21.6 Å². The molecule has 1 aliphatic heterocycles. The number of aromatic nitrogens is 1. The summed E-state index contributed by atoms with van der Waals surface area (Å²) in [4.78, 5) is 38.1. The summed E-state index contributed by atoms with van der Waals surface area (Å²) in [6, 6.07) is 14.6. The number of amides is 2. The van der Waals surface area contributed by atoms with Crippen LogP contribution in [0.4, 0.5) is 11.4 Å². The molecule has 4 rings (SSSR count). The van der Waals surface area contributed by atoms with Gasteiger partial charge in [-0.15, -0.1) is 0 Å². The summed E-state index contributed by atoms with van der Waals surface area (Å²) in [5.74, 6) is -0.493. The first-order valence-corrected chi connectivity index (χ1v) is 9.41. The van der Waals surface area contributed by atoms with Crippen LogP contribution in [0.3, 0.4) is 0 Å². The van der Waals surface area contributed by atoms with Gasteiger partial charge in [0, 0.05) is 25.9 Å². The van der Waals surface area contributed by atoms with E-state index in [4.69, 9.17) is 4.42 Å². The molecule has 1 saturated heterocycles. The Kier molecular flexibility index (Phi) is 4.97. The highest BCUT2D eigenvalue weighted by Crippen LogP contribution is 2.29. The van der Waals surface area contributed by atoms with E-state index < -0.39 is 5.76 Å². The molecule has 1 aliphatic rings. The zero-order valence-electron chi connectivity index (χ0n) is 15.4. The summed E-state index contributed by atoms with van der Waals surface area (Å²) in [5.41, 5.74) is 2.64. The maximum atomic E-state index is 12.4. The quantitative estimate of drug-likeness (QED) is 0.713. The van der Waals surface area contributed by atoms with Crippen molar-refractivity contribution in [2.45, 2.75) is 32.2 Å². The Morgan fingerprint density at radius 1 is 1.07 bits per heavy atom. The lowest BCUT2D eigenvalue weighted by Crippen LogP contribution is -2.25. The van der Waals surface area contributed by atoms with Crippen molar-refractivity contribution in [3.63, 3.8) is 0 Å². The number of carbonyl (C=O) groups is 2. The van der Waals surface area contributed by atoms with Crippen molar-refractivity contribution in [3.05, 3.63) is 59.1 Å². The lowest BCUT2D eigenvalue weighted by atomic mass is 10.2. The SMILES string of the molecule is O=C(CCCn1c(=O)oc2ccccc21)Nc1ccccc1N1CCCC1=O. The molecule has 2 aromatic carbocycles. The maximum Gasteiger partial charge on any atom is 0.419 e. The van der Waals surface area contributed by atoms with Gasteiger partial charge in [-0.1, -0.05) is 24.3 Å². The lowest BCUT2D eigenvalue weighted by Gasteiger charge is -2.20. The summed E-state index contributed by atoms with van der Waals surface area (Å²) in [5, 5.41) is 2.90. The van der Waals surface area contributed by atoms with Crippen LogP contribution in [-0.2, 0) is 16.1 Å². The second-order valence-corrected chi connectivity index (χ2v) is 6.81. The Hall–Kier alpha value is -3.35. The van der Waals surface area contributed by atoms with Crippen molar-refractivity contribution in [2.24, 2.45) is 0 Å². The molecule has 2 amide bonds. The van der Waals surface area contributed by atoms with Gasteiger partial charge in [-0.3, -0.25) is 14.2 Å². The molecule has 0 aliphatic carbocycles. The minimum atomic E-state index is -0.417. The highest BCUT2D eigenvalue weighted by Gasteiger charge is 2.24. The van der Waals surface area contributed by atoms with Crippen LogP contribution in [0.15, 0.2) is 57.7 Å². The topological polar surface area (TPSA) is 84.5 Å². The Bertz CT molecular complexity index is 1080. The standard InChI is InChI=1S/C21H21N3O4/c25-19(11-5-14-24-17-9-3-4-10-18(17)28-21(24)27)22-15-7-1-2-8-16(15)23-13-6-12-20(23)26/h1-4,7-10H,5-6,11-14H2,(H,22,25). The smallest absolute Gasteiger partial charge is 0.408 e. The van der Waals surface area contributed by atoms with E-state index in [1.165, 1.54) is 0 Å². The molecule has 28 heavy (non-hydrogen) atoms. The molecule has 0 unspecified atom stereocenters. The fourth-order valence-corrected chi connectivity index (χ4v) is 3.55. The van der Waals surface area contributed by atoms with Gasteiger partial charge in [-0.25, -0.2) is 4.79 Å². The maximum absolute atomic E-state index is 12.4. The van der Waals surface area contributed by atoms with Crippen molar-refractivity contribution in [2.75, 3.05) is 16.8 Å². The van der Waals surface area contributed by atoms with E-state index in [0.29, 0.717) is 37.2 Å². The molecule has 144 valence electrons. The first-order chi connectivity index (χ1) is 13.6. The van der Waals surface area contributed by atoms with Crippen LogP contribution in [0.5, 0.6) is 0 Å². The van der Waals surface area contributed by atoms with Crippen LogP contribution in [0, 0.1) is 0 Å². The first-order valence-electron chi connectivity index (χ1n) is 9.41. The molecule has 0 radical (unpaired) electrons. The first kappa shape index (κ1) is 18.0. The van der Waals surface area contributed by atoms with Gasteiger partial charge in [0.05, 0.1) is 16.9 Å². The average molecular weight is 379 g/mol. The summed E-state index contributed by atoms with van der Waals surface area (Å²) >= 11 is 0. The number of hydrogen-bond acceptors (Lipinski definition) is 4. The third-order valence-electron chi connectivity index (χ3n) is 4.90. The molecule has 0 bridgehead atoms. The third-order valence-corrected chi connectivity index (χ3v) is 4.90. The number of nitrogens with zero attached hydrogens (tertiary/aromatic N) is 2. The molecular weight excluding hydrogens is 358 g/mol. The van der Waals surface area contributed by atoms with Gasteiger partial charge in [0.25, 0.3) is 0 Å². The van der Waals surface area contributed by atoms with E-state index in [0.717, 1.165) is 17.6 Å². The van der Waals surface area contributed by atoms with E-state index in [2.05, 4.69) is 5.32 Å². The largest absolute Gasteiger partial charge is 0.419 e. The second-order valence-electron chi connectivity index (χ2n) is 6.81. The normalized spacial score (nSPS) is 14.0. The molecule has 1 N–H and O–H groups in total. The number of oxazole rings is 1. The van der Waals surface area contributed by atoms with Gasteiger partial charge < -0.3 is 14.6 Å². The lowest BCUT2D eigenvalue weighted by molar-refractivity contribution is -0.117. The van der Waals surface area contributed by atoms with Crippen molar-refractivity contribution in [1.29, 1.82) is 0 Å². The van der Waals surface area contributed by atoms with Gasteiger partial charge in [0.1, 0.15) is 0 Å². The summed E-state index contributed by atoms with van der Waals surface area (Å²) in [7, 11) is 0. The van der Waals surface area contributed by atoms with Crippen LogP contribution >= 0.6 is 0 Å². The fourth-order valence-electron chi connectivity index (χ4n) is 3.55. The van der Waals surface area contributed by atoms with Crippen LogP contribution in [0.25, 0.3) is 11.1 Å². The number of rotatable bonds is 6. The molecule has 1 aromatic heterocycles. The fraction of sp³-hybridized carbons (Fsp3) is 0.286. The Morgan fingerprint density at radius 2 is 1.86 bits per heavy atom. The molecule has 7 nitrogen and oxygen atoms in total. The predicted molar refractivity (Wildman–Crippen MR) is 106 cm³/mol. The molecule has 3 aromatic rings. The number of hydrogen-bond donors (Lipinski definition) is 1. The molecular formula is C21H21N3O4. The molecule has 0 spiro atoms. The second kappa shape index (κ2) is 7.72. The average Bonchev–Trinajstić information content (AvgIpc) is 3.25. The number of para-hydroxylation sites is 4. The van der Waals surface area contributed by atoms with Gasteiger partial charge in [-0.2, -0.15) is 0 Å². The monoisotopic (exact) mass is 379 g/mol. The van der Waals surface area contributed by atoms with Gasteiger partial charge in [-0.05, 0) is 37.1 Å². The van der Waals surface area contributed by atoms with Crippen LogP contribution in [0.1, 0.15) is 25.7 Å². The molecule has 2 heterocycles. The Morgan fingerprint density at radius 3 is 2.68 bits per heavy atom. The van der Waals surface area contributed by atoms with Crippen molar-refractivity contribution in [3.8, 4) is 0 Å². The molecule has 0 atom stereocenters. The predicted octanol–water partition coefficient (Wildman–Crippen LogP) is 3.14. The number of nitrogens with one attached hydrogen (secondary N) is 1. The van der Waals surface area contributed by atoms with Crippen molar-refractivity contribution >= 4 is 34.3 Å². The number of fused-ring (bicyclic) bond motifs is 1. The van der Waals surface area contributed by atoms with Gasteiger partial charge in [0.2, 0.25) is 11.8 Å². The van der Waals surface area contributed by atoms with E-state index in [-0.39, 0.29) is 18.2 Å². The minimum absolute atomic E-state index is 0.0768. The zero-order chi connectivity index (χ0) is 19.5. The molecule has 1 fully saturated rings. The summed E-state index contributed by atoms with van der Waals surface area (Å²) in [6.45, 7) is 1.07. The Balaban J connectivity index is 1.40. The van der Waals surface area contributed by atoms with Crippen molar-refractivity contribution < 1.29 is 14.0 Å². The summed E-state index contributed by atoms with van der Waals surface area (Å²) < 4.78 is 6.75. The van der Waals surface area contributed by atoms with Gasteiger partial charge in [0.15, 0.2) is 5.58 Å². The van der Waals surface area contributed by atoms with E-state index in [9.17, 15) is 14.4 Å². The Labute approximate surface area is 161 Å². The molecule has 7 heteroatoms. The van der Waals surface area contributed by atoms with E-state index >= 15 is 0 Å². The summed E-state index contributed by atoms with van der Waals surface area (Å²) in [6.07, 6.45) is 2.12. The highest BCUT2D eigenvalue weighted by atomic mass is 16.4. The van der Waals surface area contributed by atoms with Crippen molar-refractivity contribution in [1.82, 2.24) is 4.57 Å². The molecule has 0 saturated carbocycles. The van der Waals surface area contributed by atoms with Crippen LogP contribution in [-0.4, -0.2) is 22.9 Å². The third kappa shape index (κ3) is 3.55. The minimum Gasteiger partial charge on any atom is -0.408 e. The number of anilines is 2. The number of benzene rings is 2. The van der Waals surface area contributed by atoms with Crippen LogP contribution in [0.2, 0.25) is 0 Å². The number of aryl methyl sites for hydroxylation is 1. The van der Waals surface area contributed by atoms with Gasteiger partial charge >= 0.3 is 5.76 Å². The van der Waals surface area contributed by atoms with Crippen LogP contribution < -0.4 is 16.0 Å². The zero-order valence-corrected chi connectivity index (χ0v) is 15.4.